The number of anilines is 1. The van der Waals surface area contributed by atoms with Gasteiger partial charge < -0.3 is 5.32 Å². The molecule has 0 aliphatic heterocycles. The van der Waals surface area contributed by atoms with Crippen molar-refractivity contribution in [1.82, 2.24) is 16.2 Å². The van der Waals surface area contributed by atoms with Crippen LogP contribution in [0.3, 0.4) is 0 Å². The van der Waals surface area contributed by atoms with Crippen molar-refractivity contribution < 1.29 is 9.59 Å². The molecule has 0 aliphatic rings. The number of halogens is 1. The molecule has 4 N–H and O–H groups in total. The van der Waals surface area contributed by atoms with E-state index in [2.05, 4.69) is 21.5 Å². The third-order valence-corrected chi connectivity index (χ3v) is 3.11. The van der Waals surface area contributed by atoms with Gasteiger partial charge in [-0.1, -0.05) is 29.8 Å². The van der Waals surface area contributed by atoms with E-state index in [1.807, 2.05) is 6.07 Å². The van der Waals surface area contributed by atoms with Crippen LogP contribution in [0.2, 0.25) is 5.02 Å². The number of benzene rings is 2. The normalized spacial score (nSPS) is 9.61. The van der Waals surface area contributed by atoms with Gasteiger partial charge in [-0.05, 0) is 48.6 Å². The van der Waals surface area contributed by atoms with Crippen LogP contribution in [-0.2, 0) is 0 Å². The predicted molar refractivity (Wildman–Crippen MR) is 93.2 cm³/mol. The van der Waals surface area contributed by atoms with Crippen LogP contribution in [0.15, 0.2) is 54.6 Å². The third-order valence-electron chi connectivity index (χ3n) is 2.65. The van der Waals surface area contributed by atoms with Crippen LogP contribution in [0.25, 0.3) is 0 Å². The molecule has 0 fully saturated rings. The number of thiocarbonyl (C=S) groups is 1. The number of amides is 3. The monoisotopic (exact) mass is 348 g/mol. The van der Waals surface area contributed by atoms with Gasteiger partial charge in [0.2, 0.25) is 0 Å². The van der Waals surface area contributed by atoms with E-state index in [0.29, 0.717) is 16.3 Å². The minimum absolute atomic E-state index is 0.0341. The fraction of sp³-hybridized carbons (Fsp3) is 0. The molecule has 0 bridgehead atoms. The molecule has 2 aromatic rings. The van der Waals surface area contributed by atoms with Gasteiger partial charge in [0.05, 0.1) is 0 Å². The molecule has 0 saturated heterocycles. The predicted octanol–water partition coefficient (Wildman–Crippen LogP) is 2.68. The Balaban J connectivity index is 1.77. The van der Waals surface area contributed by atoms with E-state index in [0.717, 1.165) is 0 Å². The Morgan fingerprint density at radius 2 is 1.57 bits per heavy atom. The third kappa shape index (κ3) is 5.57. The van der Waals surface area contributed by atoms with Gasteiger partial charge in [0.1, 0.15) is 0 Å². The maximum absolute atomic E-state index is 11.9. The maximum atomic E-state index is 11.9. The lowest BCUT2D eigenvalue weighted by atomic mass is 10.2. The molecular formula is C15H13ClN4O2S. The van der Waals surface area contributed by atoms with Gasteiger partial charge >= 0.3 is 6.03 Å². The zero-order chi connectivity index (χ0) is 16.7. The van der Waals surface area contributed by atoms with Crippen molar-refractivity contribution in [3.8, 4) is 0 Å². The van der Waals surface area contributed by atoms with E-state index in [9.17, 15) is 9.59 Å². The quantitative estimate of drug-likeness (QED) is 0.497. The molecule has 2 aromatic carbocycles. The Morgan fingerprint density at radius 3 is 2.22 bits per heavy atom. The minimum atomic E-state index is -0.515. The Kier molecular flexibility index (Phi) is 5.90. The molecule has 8 heteroatoms. The van der Waals surface area contributed by atoms with E-state index in [-0.39, 0.29) is 5.11 Å². The smallest absolute Gasteiger partial charge is 0.307 e. The van der Waals surface area contributed by atoms with Gasteiger partial charge in [-0.3, -0.25) is 15.5 Å². The molecule has 0 unspecified atom stereocenters. The largest absolute Gasteiger partial charge is 0.337 e. The van der Waals surface area contributed by atoms with Crippen molar-refractivity contribution in [3.05, 3.63) is 65.2 Å². The van der Waals surface area contributed by atoms with Crippen LogP contribution in [0.5, 0.6) is 0 Å². The Labute approximate surface area is 143 Å². The Morgan fingerprint density at radius 1 is 0.913 bits per heavy atom. The van der Waals surface area contributed by atoms with E-state index in [4.69, 9.17) is 23.8 Å². The molecule has 0 heterocycles. The number of para-hydroxylation sites is 1. The highest BCUT2D eigenvalue weighted by molar-refractivity contribution is 7.80. The summed E-state index contributed by atoms with van der Waals surface area (Å²) in [4.78, 5) is 23.5. The zero-order valence-corrected chi connectivity index (χ0v) is 13.4. The van der Waals surface area contributed by atoms with Gasteiger partial charge in [0.15, 0.2) is 5.11 Å². The molecule has 23 heavy (non-hydrogen) atoms. The Hall–Kier alpha value is -2.64. The van der Waals surface area contributed by atoms with Crippen molar-refractivity contribution in [2.45, 2.75) is 0 Å². The van der Waals surface area contributed by atoms with E-state index in [1.165, 1.54) is 0 Å². The highest BCUT2D eigenvalue weighted by Crippen LogP contribution is 2.09. The summed E-state index contributed by atoms with van der Waals surface area (Å²) in [7, 11) is 0. The molecule has 0 aliphatic carbocycles. The first-order valence-corrected chi connectivity index (χ1v) is 7.32. The molecule has 118 valence electrons. The van der Waals surface area contributed by atoms with Gasteiger partial charge in [-0.25, -0.2) is 10.2 Å². The summed E-state index contributed by atoms with van der Waals surface area (Å²) in [6, 6.07) is 14.7. The second-order valence-electron chi connectivity index (χ2n) is 4.36. The highest BCUT2D eigenvalue weighted by Gasteiger charge is 2.08. The second kappa shape index (κ2) is 8.11. The average molecular weight is 349 g/mol. The maximum Gasteiger partial charge on any atom is 0.337 e. The van der Waals surface area contributed by atoms with Crippen molar-refractivity contribution >= 4 is 46.6 Å². The molecule has 6 nitrogen and oxygen atoms in total. The van der Waals surface area contributed by atoms with Gasteiger partial charge in [-0.15, -0.1) is 0 Å². The van der Waals surface area contributed by atoms with Gasteiger partial charge in [0, 0.05) is 16.3 Å². The molecule has 0 atom stereocenters. The molecule has 3 amide bonds. The van der Waals surface area contributed by atoms with E-state index in [1.54, 1.807) is 48.5 Å². The number of urea groups is 1. The molecular weight excluding hydrogens is 336 g/mol. The Bertz CT molecular complexity index is 707. The number of rotatable bonds is 2. The fourth-order valence-electron chi connectivity index (χ4n) is 1.61. The van der Waals surface area contributed by atoms with E-state index >= 15 is 0 Å². The molecule has 0 spiro atoms. The second-order valence-corrected chi connectivity index (χ2v) is 5.20. The summed E-state index contributed by atoms with van der Waals surface area (Å²) in [6.07, 6.45) is 0. The van der Waals surface area contributed by atoms with Crippen LogP contribution in [0.4, 0.5) is 10.5 Å². The number of carbonyl (C=O) groups is 2. The van der Waals surface area contributed by atoms with E-state index < -0.39 is 11.9 Å². The van der Waals surface area contributed by atoms with Crippen LogP contribution < -0.4 is 21.5 Å². The van der Waals surface area contributed by atoms with Crippen molar-refractivity contribution in [2.75, 3.05) is 5.32 Å². The van der Waals surface area contributed by atoms with Crippen LogP contribution >= 0.6 is 23.8 Å². The number of carbonyl (C=O) groups excluding carboxylic acids is 2. The standard InChI is InChI=1S/C15H13ClN4O2S/c16-11-8-6-10(7-9-11)13(21)18-15(23)20-19-14(22)17-12-4-2-1-3-5-12/h1-9H,(H2,17,19,22)(H2,18,20,21,23). The lowest BCUT2D eigenvalue weighted by Gasteiger charge is -2.11. The van der Waals surface area contributed by atoms with Crippen molar-refractivity contribution in [3.63, 3.8) is 0 Å². The fourth-order valence-corrected chi connectivity index (χ4v) is 1.87. The highest BCUT2D eigenvalue weighted by atomic mass is 35.5. The van der Waals surface area contributed by atoms with Crippen molar-refractivity contribution in [2.24, 2.45) is 0 Å². The summed E-state index contributed by atoms with van der Waals surface area (Å²) in [5.74, 6) is -0.413. The minimum Gasteiger partial charge on any atom is -0.307 e. The summed E-state index contributed by atoms with van der Waals surface area (Å²) >= 11 is 10.7. The first-order valence-electron chi connectivity index (χ1n) is 6.53. The van der Waals surface area contributed by atoms with Crippen LogP contribution in [0, 0.1) is 0 Å². The lowest BCUT2D eigenvalue weighted by Crippen LogP contribution is -2.49. The zero-order valence-electron chi connectivity index (χ0n) is 11.8. The van der Waals surface area contributed by atoms with Crippen LogP contribution in [-0.4, -0.2) is 17.1 Å². The summed E-state index contributed by atoms with van der Waals surface area (Å²) in [5, 5.41) is 5.51. The SMILES string of the molecule is O=C(NNC(=S)NC(=O)c1ccc(Cl)cc1)Nc1ccccc1. The average Bonchev–Trinajstić information content (AvgIpc) is 2.54. The topological polar surface area (TPSA) is 82.3 Å². The molecule has 0 saturated carbocycles. The number of hydrogen-bond donors (Lipinski definition) is 4. The molecule has 0 aromatic heterocycles. The number of nitrogens with one attached hydrogen (secondary N) is 4. The van der Waals surface area contributed by atoms with Gasteiger partial charge in [-0.2, -0.15) is 0 Å². The van der Waals surface area contributed by atoms with Crippen LogP contribution in [0.1, 0.15) is 10.4 Å². The lowest BCUT2D eigenvalue weighted by molar-refractivity contribution is 0.0976. The first-order chi connectivity index (χ1) is 11.0. The van der Waals surface area contributed by atoms with Crippen molar-refractivity contribution in [1.29, 1.82) is 0 Å². The summed E-state index contributed by atoms with van der Waals surface area (Å²) in [6.45, 7) is 0. The summed E-state index contributed by atoms with van der Waals surface area (Å²) in [5.41, 5.74) is 5.77. The number of hydrogen-bond acceptors (Lipinski definition) is 3. The first kappa shape index (κ1) is 16.7. The van der Waals surface area contributed by atoms with Gasteiger partial charge in [0.25, 0.3) is 5.91 Å². The molecule has 0 radical (unpaired) electrons. The summed E-state index contributed by atoms with van der Waals surface area (Å²) < 4.78 is 0. The molecule has 2 rings (SSSR count). The number of hydrazine groups is 1.